The number of benzene rings is 2. The fraction of sp³-hybridized carbons (Fsp3) is 0.235. The average Bonchev–Trinajstić information content (AvgIpc) is 2.53. The van der Waals surface area contributed by atoms with Gasteiger partial charge in [0, 0.05) is 24.3 Å². The van der Waals surface area contributed by atoms with Crippen molar-refractivity contribution in [3.05, 3.63) is 52.5 Å². The van der Waals surface area contributed by atoms with Crippen LogP contribution in [0.1, 0.15) is 13.3 Å². The van der Waals surface area contributed by atoms with Gasteiger partial charge in [-0.1, -0.05) is 23.2 Å². The van der Waals surface area contributed by atoms with Gasteiger partial charge in [0.05, 0.1) is 16.7 Å². The van der Waals surface area contributed by atoms with E-state index >= 15 is 0 Å². The summed E-state index contributed by atoms with van der Waals surface area (Å²) in [7, 11) is 0. The highest BCUT2D eigenvalue weighted by Gasteiger charge is 2.04. The number of nitrogens with one attached hydrogen (secondary N) is 2. The molecule has 2 rings (SSSR count). The van der Waals surface area contributed by atoms with Crippen LogP contribution in [-0.4, -0.2) is 19.1 Å². The maximum absolute atomic E-state index is 11.9. The van der Waals surface area contributed by atoms with Crippen LogP contribution in [0.5, 0.6) is 5.75 Å². The summed E-state index contributed by atoms with van der Waals surface area (Å²) in [6.45, 7) is 3.11. The second-order valence-electron chi connectivity index (χ2n) is 4.81. The summed E-state index contributed by atoms with van der Waals surface area (Å²) < 4.78 is 5.38. The van der Waals surface area contributed by atoms with Crippen molar-refractivity contribution in [3.8, 4) is 5.75 Å². The smallest absolute Gasteiger partial charge is 0.226 e. The molecular formula is C17H18Cl2N2O2. The Kier molecular flexibility index (Phi) is 6.56. The zero-order valence-electron chi connectivity index (χ0n) is 12.7. The Bertz CT molecular complexity index is 660. The minimum Gasteiger partial charge on any atom is -0.494 e. The number of carbonyl (C=O) groups is 1. The summed E-state index contributed by atoms with van der Waals surface area (Å²) in [6, 6.07) is 12.6. The van der Waals surface area contributed by atoms with Crippen LogP contribution in [0.25, 0.3) is 0 Å². The standard InChI is InChI=1S/C17H18Cl2N2O2/c1-2-23-14-6-3-12(4-7-14)20-10-9-17(22)21-13-5-8-15(18)16(19)11-13/h3-8,11,20H,2,9-10H2,1H3,(H,21,22). The number of anilines is 2. The molecule has 122 valence electrons. The van der Waals surface area contributed by atoms with Gasteiger partial charge in [-0.3, -0.25) is 4.79 Å². The van der Waals surface area contributed by atoms with Crippen molar-refractivity contribution in [2.45, 2.75) is 13.3 Å². The molecule has 2 aromatic carbocycles. The molecule has 0 atom stereocenters. The molecule has 6 heteroatoms. The minimum absolute atomic E-state index is 0.0955. The molecule has 0 saturated carbocycles. The van der Waals surface area contributed by atoms with Crippen molar-refractivity contribution in [1.82, 2.24) is 0 Å². The number of rotatable bonds is 7. The predicted octanol–water partition coefficient (Wildman–Crippen LogP) is 4.83. The van der Waals surface area contributed by atoms with Gasteiger partial charge in [-0.2, -0.15) is 0 Å². The number of hydrogen-bond donors (Lipinski definition) is 2. The van der Waals surface area contributed by atoms with E-state index < -0.39 is 0 Å². The first-order valence-corrected chi connectivity index (χ1v) is 8.05. The van der Waals surface area contributed by atoms with Crippen LogP contribution in [0, 0.1) is 0 Å². The zero-order chi connectivity index (χ0) is 16.7. The third kappa shape index (κ3) is 5.66. The number of ether oxygens (including phenoxy) is 1. The molecule has 23 heavy (non-hydrogen) atoms. The predicted molar refractivity (Wildman–Crippen MR) is 95.8 cm³/mol. The molecule has 0 unspecified atom stereocenters. The van der Waals surface area contributed by atoms with Crippen molar-refractivity contribution in [2.75, 3.05) is 23.8 Å². The van der Waals surface area contributed by atoms with Crippen molar-refractivity contribution in [1.29, 1.82) is 0 Å². The maximum Gasteiger partial charge on any atom is 0.226 e. The van der Waals surface area contributed by atoms with Crippen LogP contribution < -0.4 is 15.4 Å². The Balaban J connectivity index is 1.76. The molecule has 0 aliphatic rings. The normalized spacial score (nSPS) is 10.2. The SMILES string of the molecule is CCOc1ccc(NCCC(=O)Nc2ccc(Cl)c(Cl)c2)cc1. The third-order valence-electron chi connectivity index (χ3n) is 3.05. The van der Waals surface area contributed by atoms with Gasteiger partial charge in [0.2, 0.25) is 5.91 Å². The highest BCUT2D eigenvalue weighted by molar-refractivity contribution is 6.42. The van der Waals surface area contributed by atoms with E-state index in [1.165, 1.54) is 0 Å². The van der Waals surface area contributed by atoms with Crippen LogP contribution in [0.4, 0.5) is 11.4 Å². The lowest BCUT2D eigenvalue weighted by molar-refractivity contribution is -0.115. The molecule has 0 radical (unpaired) electrons. The average molecular weight is 353 g/mol. The molecule has 1 amide bonds. The van der Waals surface area contributed by atoms with E-state index in [9.17, 15) is 4.79 Å². The van der Waals surface area contributed by atoms with Crippen molar-refractivity contribution in [2.24, 2.45) is 0 Å². The Morgan fingerprint density at radius 1 is 1.04 bits per heavy atom. The summed E-state index contributed by atoms with van der Waals surface area (Å²) >= 11 is 11.7. The van der Waals surface area contributed by atoms with Gasteiger partial charge in [-0.25, -0.2) is 0 Å². The molecule has 0 aliphatic heterocycles. The Morgan fingerprint density at radius 2 is 1.74 bits per heavy atom. The van der Waals surface area contributed by atoms with Crippen LogP contribution >= 0.6 is 23.2 Å². The van der Waals surface area contributed by atoms with E-state index in [0.717, 1.165) is 11.4 Å². The number of hydrogen-bond acceptors (Lipinski definition) is 3. The first kappa shape index (κ1) is 17.4. The van der Waals surface area contributed by atoms with Gasteiger partial charge >= 0.3 is 0 Å². The minimum atomic E-state index is -0.0955. The third-order valence-corrected chi connectivity index (χ3v) is 3.79. The van der Waals surface area contributed by atoms with Crippen LogP contribution in [0.15, 0.2) is 42.5 Å². The summed E-state index contributed by atoms with van der Waals surface area (Å²) in [5, 5.41) is 6.84. The molecule has 0 fully saturated rings. The number of carbonyl (C=O) groups excluding carboxylic acids is 1. The van der Waals surface area contributed by atoms with Crippen LogP contribution in [-0.2, 0) is 4.79 Å². The molecule has 0 aliphatic carbocycles. The summed E-state index contributed by atoms with van der Waals surface area (Å²) in [6.07, 6.45) is 0.341. The fourth-order valence-electron chi connectivity index (χ4n) is 1.95. The lowest BCUT2D eigenvalue weighted by atomic mass is 10.2. The van der Waals surface area contributed by atoms with E-state index in [1.807, 2.05) is 31.2 Å². The van der Waals surface area contributed by atoms with Gasteiger partial charge in [0.1, 0.15) is 5.75 Å². The molecular weight excluding hydrogens is 335 g/mol. The Morgan fingerprint density at radius 3 is 2.39 bits per heavy atom. The lowest BCUT2D eigenvalue weighted by Crippen LogP contribution is -2.16. The lowest BCUT2D eigenvalue weighted by Gasteiger charge is -2.09. The molecule has 0 heterocycles. The monoisotopic (exact) mass is 352 g/mol. The summed E-state index contributed by atoms with van der Waals surface area (Å²) in [4.78, 5) is 11.9. The van der Waals surface area contributed by atoms with E-state index in [-0.39, 0.29) is 5.91 Å². The molecule has 2 N–H and O–H groups in total. The Hall–Kier alpha value is -1.91. The zero-order valence-corrected chi connectivity index (χ0v) is 14.2. The van der Waals surface area contributed by atoms with Crippen molar-refractivity contribution < 1.29 is 9.53 Å². The first-order chi connectivity index (χ1) is 11.1. The molecule has 0 spiro atoms. The molecule has 4 nitrogen and oxygen atoms in total. The van der Waals surface area contributed by atoms with Crippen LogP contribution in [0.3, 0.4) is 0 Å². The van der Waals surface area contributed by atoms with Crippen molar-refractivity contribution in [3.63, 3.8) is 0 Å². The number of amides is 1. The second kappa shape index (κ2) is 8.65. The van der Waals surface area contributed by atoms with E-state index in [1.54, 1.807) is 18.2 Å². The van der Waals surface area contributed by atoms with Gasteiger partial charge in [0.15, 0.2) is 0 Å². The van der Waals surface area contributed by atoms with E-state index in [2.05, 4.69) is 10.6 Å². The van der Waals surface area contributed by atoms with E-state index in [0.29, 0.717) is 35.3 Å². The molecule has 0 bridgehead atoms. The Labute approximate surface area is 145 Å². The maximum atomic E-state index is 11.9. The van der Waals surface area contributed by atoms with Gasteiger partial charge in [0.25, 0.3) is 0 Å². The van der Waals surface area contributed by atoms with Crippen molar-refractivity contribution >= 4 is 40.5 Å². The number of halogens is 2. The fourth-order valence-corrected chi connectivity index (χ4v) is 2.25. The van der Waals surface area contributed by atoms with Gasteiger partial charge in [-0.05, 0) is 49.4 Å². The van der Waals surface area contributed by atoms with Crippen LogP contribution in [0.2, 0.25) is 10.0 Å². The first-order valence-electron chi connectivity index (χ1n) is 7.30. The molecule has 0 saturated heterocycles. The summed E-state index contributed by atoms with van der Waals surface area (Å²) in [5.74, 6) is 0.734. The quantitative estimate of drug-likeness (QED) is 0.749. The molecule has 2 aromatic rings. The largest absolute Gasteiger partial charge is 0.494 e. The highest BCUT2D eigenvalue weighted by atomic mass is 35.5. The topological polar surface area (TPSA) is 50.4 Å². The molecule has 0 aromatic heterocycles. The van der Waals surface area contributed by atoms with Gasteiger partial charge < -0.3 is 15.4 Å². The second-order valence-corrected chi connectivity index (χ2v) is 5.63. The van der Waals surface area contributed by atoms with Gasteiger partial charge in [-0.15, -0.1) is 0 Å². The van der Waals surface area contributed by atoms with E-state index in [4.69, 9.17) is 27.9 Å². The highest BCUT2D eigenvalue weighted by Crippen LogP contribution is 2.25. The summed E-state index contributed by atoms with van der Waals surface area (Å²) in [5.41, 5.74) is 1.57.